The zero-order chi connectivity index (χ0) is 16.5. The maximum Gasteiger partial charge on any atom is 0.413 e. The maximum atomic E-state index is 12.5. The molecule has 1 aliphatic heterocycles. The molecule has 5 nitrogen and oxygen atoms in total. The lowest BCUT2D eigenvalue weighted by molar-refractivity contribution is -0.0679. The molecule has 1 saturated heterocycles. The van der Waals surface area contributed by atoms with Crippen molar-refractivity contribution in [1.82, 2.24) is 4.90 Å². The molecule has 0 spiro atoms. The molecular formula is C17H25NO4. The molecule has 5 heteroatoms. The molecule has 1 amide bonds. The van der Waals surface area contributed by atoms with Crippen LogP contribution < -0.4 is 0 Å². The Kier molecular flexibility index (Phi) is 4.49. The smallest absolute Gasteiger partial charge is 0.413 e. The Hall–Kier alpha value is -1.59. The molecule has 2 rings (SSSR count). The Morgan fingerprint density at radius 1 is 1.36 bits per heavy atom. The first-order valence-electron chi connectivity index (χ1n) is 7.51. The van der Waals surface area contributed by atoms with Crippen LogP contribution in [0.2, 0.25) is 0 Å². The van der Waals surface area contributed by atoms with E-state index < -0.39 is 29.6 Å². The van der Waals surface area contributed by atoms with Gasteiger partial charge in [0, 0.05) is 0 Å². The van der Waals surface area contributed by atoms with Gasteiger partial charge in [-0.3, -0.25) is 4.90 Å². The van der Waals surface area contributed by atoms with E-state index in [-0.39, 0.29) is 6.61 Å². The summed E-state index contributed by atoms with van der Waals surface area (Å²) in [5, 5.41) is 10.6. The van der Waals surface area contributed by atoms with Crippen LogP contribution in [0, 0.1) is 0 Å². The highest BCUT2D eigenvalue weighted by Gasteiger charge is 2.48. The predicted octanol–water partition coefficient (Wildman–Crippen LogP) is 3.09. The van der Waals surface area contributed by atoms with Gasteiger partial charge >= 0.3 is 6.09 Å². The van der Waals surface area contributed by atoms with Crippen molar-refractivity contribution in [3.8, 4) is 0 Å². The van der Waals surface area contributed by atoms with Crippen molar-refractivity contribution in [3.05, 3.63) is 35.9 Å². The van der Waals surface area contributed by atoms with Gasteiger partial charge in [0.1, 0.15) is 17.4 Å². The van der Waals surface area contributed by atoms with Crippen molar-refractivity contribution in [2.24, 2.45) is 0 Å². The fourth-order valence-electron chi connectivity index (χ4n) is 2.60. The van der Waals surface area contributed by atoms with Crippen LogP contribution >= 0.6 is 0 Å². The van der Waals surface area contributed by atoms with Crippen LogP contribution in [0.5, 0.6) is 0 Å². The van der Waals surface area contributed by atoms with E-state index >= 15 is 0 Å². The predicted molar refractivity (Wildman–Crippen MR) is 83.3 cm³/mol. The molecule has 0 aromatic heterocycles. The molecule has 1 aliphatic rings. The van der Waals surface area contributed by atoms with E-state index in [9.17, 15) is 9.90 Å². The Labute approximate surface area is 131 Å². The van der Waals surface area contributed by atoms with E-state index in [2.05, 4.69) is 0 Å². The van der Waals surface area contributed by atoms with Gasteiger partial charge in [0.15, 0.2) is 0 Å². The number of benzene rings is 1. The van der Waals surface area contributed by atoms with Crippen molar-refractivity contribution >= 4 is 6.09 Å². The monoisotopic (exact) mass is 307 g/mol. The fourth-order valence-corrected chi connectivity index (χ4v) is 2.60. The van der Waals surface area contributed by atoms with Crippen molar-refractivity contribution < 1.29 is 19.4 Å². The number of ether oxygens (including phenoxy) is 2. The van der Waals surface area contributed by atoms with E-state index in [4.69, 9.17) is 9.47 Å². The van der Waals surface area contributed by atoms with Crippen molar-refractivity contribution in [2.75, 3.05) is 6.61 Å². The summed E-state index contributed by atoms with van der Waals surface area (Å²) in [4.78, 5) is 14.0. The molecule has 0 radical (unpaired) electrons. The van der Waals surface area contributed by atoms with Gasteiger partial charge in [-0.1, -0.05) is 30.3 Å². The first kappa shape index (κ1) is 16.8. The standard InChI is InChI=1S/C17H25NO4/c1-16(2,3)22-15(20)18-13(11-21-17(18,4)5)14(19)12-9-7-6-8-10-12/h6-10,13-14,19H,11H2,1-5H3/t13-,14?/m0/s1. The van der Waals surface area contributed by atoms with Gasteiger partial charge in [0.05, 0.1) is 12.6 Å². The highest BCUT2D eigenvalue weighted by atomic mass is 16.6. The highest BCUT2D eigenvalue weighted by molar-refractivity contribution is 5.70. The van der Waals surface area contributed by atoms with Gasteiger partial charge in [-0.05, 0) is 40.2 Å². The van der Waals surface area contributed by atoms with E-state index in [1.54, 1.807) is 13.8 Å². The number of aliphatic hydroxyl groups is 1. The second-order valence-corrected chi connectivity index (χ2v) is 7.03. The SMILES string of the molecule is CC(C)(C)OC(=O)N1[C@H](C(O)c2ccccc2)COC1(C)C. The third-order valence-electron chi connectivity index (χ3n) is 3.61. The summed E-state index contributed by atoms with van der Waals surface area (Å²) in [5.74, 6) is 0. The molecule has 1 aromatic carbocycles. The quantitative estimate of drug-likeness (QED) is 0.912. The van der Waals surface area contributed by atoms with Crippen LogP contribution in [0.25, 0.3) is 0 Å². The topological polar surface area (TPSA) is 59.0 Å². The van der Waals surface area contributed by atoms with Crippen LogP contribution in [0.3, 0.4) is 0 Å². The number of rotatable bonds is 2. The third-order valence-corrected chi connectivity index (χ3v) is 3.61. The normalized spacial score (nSPS) is 22.5. The molecular weight excluding hydrogens is 282 g/mol. The number of carbonyl (C=O) groups is 1. The largest absolute Gasteiger partial charge is 0.444 e. The number of carbonyl (C=O) groups excluding carboxylic acids is 1. The lowest BCUT2D eigenvalue weighted by Gasteiger charge is -2.36. The van der Waals surface area contributed by atoms with E-state index in [0.29, 0.717) is 0 Å². The van der Waals surface area contributed by atoms with Crippen molar-refractivity contribution in [3.63, 3.8) is 0 Å². The average Bonchev–Trinajstić information content (AvgIpc) is 2.72. The van der Waals surface area contributed by atoms with Crippen LogP contribution in [0.1, 0.15) is 46.3 Å². The third kappa shape index (κ3) is 3.59. The second-order valence-electron chi connectivity index (χ2n) is 7.03. The minimum Gasteiger partial charge on any atom is -0.444 e. The molecule has 2 atom stereocenters. The van der Waals surface area contributed by atoms with Gasteiger partial charge < -0.3 is 14.6 Å². The molecule has 1 fully saturated rings. The molecule has 122 valence electrons. The second kappa shape index (κ2) is 5.89. The number of hydrogen-bond acceptors (Lipinski definition) is 4. The zero-order valence-electron chi connectivity index (χ0n) is 13.9. The van der Waals surface area contributed by atoms with Crippen molar-refractivity contribution in [1.29, 1.82) is 0 Å². The van der Waals surface area contributed by atoms with E-state index in [0.717, 1.165) is 5.56 Å². The number of aliphatic hydroxyl groups excluding tert-OH is 1. The molecule has 1 N–H and O–H groups in total. The zero-order valence-corrected chi connectivity index (χ0v) is 13.9. The van der Waals surface area contributed by atoms with Gasteiger partial charge in [-0.2, -0.15) is 0 Å². The summed E-state index contributed by atoms with van der Waals surface area (Å²) in [6, 6.07) is 8.80. The molecule has 0 saturated carbocycles. The summed E-state index contributed by atoms with van der Waals surface area (Å²) in [7, 11) is 0. The number of nitrogens with zero attached hydrogens (tertiary/aromatic N) is 1. The first-order chi connectivity index (χ1) is 10.1. The van der Waals surface area contributed by atoms with Crippen LogP contribution in [-0.2, 0) is 9.47 Å². The summed E-state index contributed by atoms with van der Waals surface area (Å²) in [6.45, 7) is 9.32. The highest BCUT2D eigenvalue weighted by Crippen LogP contribution is 2.35. The van der Waals surface area contributed by atoms with E-state index in [1.165, 1.54) is 4.90 Å². The average molecular weight is 307 g/mol. The van der Waals surface area contributed by atoms with Crippen LogP contribution in [0.4, 0.5) is 4.79 Å². The van der Waals surface area contributed by atoms with Gasteiger partial charge in [0.2, 0.25) is 0 Å². The summed E-state index contributed by atoms with van der Waals surface area (Å²) >= 11 is 0. The van der Waals surface area contributed by atoms with E-state index in [1.807, 2.05) is 51.1 Å². The number of hydrogen-bond donors (Lipinski definition) is 1. The summed E-state index contributed by atoms with van der Waals surface area (Å²) < 4.78 is 11.2. The Bertz CT molecular complexity index is 521. The molecule has 0 aliphatic carbocycles. The van der Waals surface area contributed by atoms with Gasteiger partial charge in [-0.25, -0.2) is 4.79 Å². The minimum absolute atomic E-state index is 0.266. The molecule has 1 heterocycles. The van der Waals surface area contributed by atoms with Crippen LogP contribution in [0.15, 0.2) is 30.3 Å². The number of amides is 1. The minimum atomic E-state index is -0.824. The molecule has 0 bridgehead atoms. The lowest BCUT2D eigenvalue weighted by atomic mass is 10.0. The van der Waals surface area contributed by atoms with Gasteiger partial charge in [-0.15, -0.1) is 0 Å². The Morgan fingerprint density at radius 3 is 2.50 bits per heavy atom. The summed E-state index contributed by atoms with van der Waals surface area (Å²) in [6.07, 6.45) is -1.30. The molecule has 22 heavy (non-hydrogen) atoms. The fraction of sp³-hybridized carbons (Fsp3) is 0.588. The Morgan fingerprint density at radius 2 is 1.95 bits per heavy atom. The Balaban J connectivity index is 2.25. The van der Waals surface area contributed by atoms with Crippen molar-refractivity contribution in [2.45, 2.75) is 58.1 Å². The summed E-state index contributed by atoms with van der Waals surface area (Å²) in [5.41, 5.74) is -0.664. The van der Waals surface area contributed by atoms with Gasteiger partial charge in [0.25, 0.3) is 0 Å². The lowest BCUT2D eigenvalue weighted by Crippen LogP contribution is -2.51. The maximum absolute atomic E-state index is 12.5. The molecule has 1 unspecified atom stereocenters. The van der Waals surface area contributed by atoms with Crippen LogP contribution in [-0.4, -0.2) is 40.1 Å². The first-order valence-corrected chi connectivity index (χ1v) is 7.51. The molecule has 1 aromatic rings.